The highest BCUT2D eigenvalue weighted by Crippen LogP contribution is 2.24. The number of carbonyl (C=O) groups excluding carboxylic acids is 1. The number of thiazole rings is 1. The second kappa shape index (κ2) is 4.96. The third kappa shape index (κ3) is 1.98. The highest BCUT2D eigenvalue weighted by molar-refractivity contribution is 7.16. The molecule has 1 aromatic heterocycles. The van der Waals surface area contributed by atoms with E-state index in [1.54, 1.807) is 17.4 Å². The van der Waals surface area contributed by atoms with Crippen molar-refractivity contribution in [1.29, 1.82) is 0 Å². The van der Waals surface area contributed by atoms with Crippen LogP contribution in [0.3, 0.4) is 0 Å². The molecule has 22 heavy (non-hydrogen) atoms. The summed E-state index contributed by atoms with van der Waals surface area (Å²) in [7, 11) is 1.99. The molecule has 0 unspecified atom stereocenters. The Bertz CT molecular complexity index is 994. The Labute approximate surface area is 131 Å². The van der Waals surface area contributed by atoms with Gasteiger partial charge < -0.3 is 4.57 Å². The number of ketones is 1. The summed E-state index contributed by atoms with van der Waals surface area (Å²) in [6, 6.07) is 15.7. The third-order valence-electron chi connectivity index (χ3n) is 3.74. The molecule has 0 aliphatic heterocycles. The standard InChI is InChI=1S/C17H13N3OS/c1-20-14-8-4-5-9-16(14)22-17(20)19-18-13-10-15(21)12-7-3-2-6-11(12)13/h2-10,18H,1H3/b19-17-. The fourth-order valence-corrected chi connectivity index (χ4v) is 3.59. The quantitative estimate of drug-likeness (QED) is 0.740. The van der Waals surface area contributed by atoms with Crippen LogP contribution in [-0.2, 0) is 7.05 Å². The lowest BCUT2D eigenvalue weighted by atomic mass is 10.1. The Kier molecular flexibility index (Phi) is 2.94. The van der Waals surface area contributed by atoms with Gasteiger partial charge in [-0.3, -0.25) is 10.2 Å². The monoisotopic (exact) mass is 307 g/mol. The van der Waals surface area contributed by atoms with Crippen molar-refractivity contribution in [1.82, 2.24) is 9.99 Å². The van der Waals surface area contributed by atoms with Gasteiger partial charge in [0.1, 0.15) is 0 Å². The van der Waals surface area contributed by atoms with E-state index in [4.69, 9.17) is 0 Å². The zero-order valence-electron chi connectivity index (χ0n) is 11.9. The van der Waals surface area contributed by atoms with Gasteiger partial charge >= 0.3 is 0 Å². The number of carbonyl (C=O) groups is 1. The van der Waals surface area contributed by atoms with Gasteiger partial charge in [-0.25, -0.2) is 0 Å². The molecule has 0 amide bonds. The molecule has 1 aliphatic carbocycles. The molecule has 0 fully saturated rings. The molecule has 0 radical (unpaired) electrons. The zero-order chi connectivity index (χ0) is 15.1. The van der Waals surface area contributed by atoms with Crippen LogP contribution >= 0.6 is 11.3 Å². The van der Waals surface area contributed by atoms with Crippen LogP contribution in [0, 0.1) is 0 Å². The molecule has 2 aromatic carbocycles. The molecule has 0 saturated heterocycles. The van der Waals surface area contributed by atoms with Gasteiger partial charge in [-0.2, -0.15) is 0 Å². The molecular formula is C17H13N3OS. The number of rotatable bonds is 2. The first-order valence-electron chi connectivity index (χ1n) is 6.94. The molecule has 0 spiro atoms. The van der Waals surface area contributed by atoms with Crippen molar-refractivity contribution in [3.8, 4) is 0 Å². The minimum Gasteiger partial charge on any atom is -0.318 e. The maximum Gasteiger partial charge on any atom is 0.208 e. The average molecular weight is 307 g/mol. The molecule has 5 heteroatoms. The maximum atomic E-state index is 11.9. The summed E-state index contributed by atoms with van der Waals surface area (Å²) in [4.78, 5) is 12.8. The van der Waals surface area contributed by atoms with E-state index in [0.717, 1.165) is 27.1 Å². The molecule has 4 rings (SSSR count). The first-order chi connectivity index (χ1) is 10.7. The van der Waals surface area contributed by atoms with Gasteiger partial charge in [-0.05, 0) is 12.1 Å². The summed E-state index contributed by atoms with van der Waals surface area (Å²) in [6.45, 7) is 0. The van der Waals surface area contributed by atoms with Crippen LogP contribution in [0.15, 0.2) is 59.7 Å². The maximum absolute atomic E-state index is 11.9. The number of nitrogens with one attached hydrogen (secondary N) is 1. The molecule has 4 nitrogen and oxygen atoms in total. The van der Waals surface area contributed by atoms with E-state index in [2.05, 4.69) is 22.7 Å². The molecular weight excluding hydrogens is 294 g/mol. The van der Waals surface area contributed by atoms with Crippen molar-refractivity contribution >= 4 is 33.0 Å². The van der Waals surface area contributed by atoms with Crippen LogP contribution in [0.5, 0.6) is 0 Å². The first-order valence-corrected chi connectivity index (χ1v) is 7.75. The third-order valence-corrected chi connectivity index (χ3v) is 4.86. The SMILES string of the molecule is Cn1/c(=N/NC2=CC(=O)c3ccccc32)sc2ccccc21. The fourth-order valence-electron chi connectivity index (χ4n) is 2.61. The van der Waals surface area contributed by atoms with Gasteiger partial charge in [0, 0.05) is 24.3 Å². The summed E-state index contributed by atoms with van der Waals surface area (Å²) < 4.78 is 3.22. The Balaban J connectivity index is 1.74. The van der Waals surface area contributed by atoms with Crippen molar-refractivity contribution < 1.29 is 4.79 Å². The zero-order valence-corrected chi connectivity index (χ0v) is 12.7. The number of aryl methyl sites for hydroxylation is 1. The van der Waals surface area contributed by atoms with Gasteiger partial charge in [-0.15, -0.1) is 5.10 Å². The second-order valence-electron chi connectivity index (χ2n) is 5.10. The van der Waals surface area contributed by atoms with Crippen LogP contribution < -0.4 is 10.2 Å². The Morgan fingerprint density at radius 1 is 1.05 bits per heavy atom. The topological polar surface area (TPSA) is 46.4 Å². The summed E-state index contributed by atoms with van der Waals surface area (Å²) in [5, 5.41) is 4.47. The molecule has 0 atom stereocenters. The number of para-hydroxylation sites is 1. The van der Waals surface area contributed by atoms with E-state index < -0.39 is 0 Å². The van der Waals surface area contributed by atoms with Gasteiger partial charge in [0.25, 0.3) is 0 Å². The Morgan fingerprint density at radius 3 is 2.59 bits per heavy atom. The second-order valence-corrected chi connectivity index (χ2v) is 6.11. The van der Waals surface area contributed by atoms with Gasteiger partial charge in [0.05, 0.1) is 15.9 Å². The van der Waals surface area contributed by atoms with Crippen LogP contribution in [0.25, 0.3) is 15.9 Å². The molecule has 1 aliphatic rings. The van der Waals surface area contributed by atoms with Crippen LogP contribution in [-0.4, -0.2) is 10.4 Å². The molecule has 0 saturated carbocycles. The van der Waals surface area contributed by atoms with E-state index in [-0.39, 0.29) is 5.78 Å². The van der Waals surface area contributed by atoms with Crippen molar-refractivity contribution in [2.45, 2.75) is 0 Å². The van der Waals surface area contributed by atoms with Crippen LogP contribution in [0.2, 0.25) is 0 Å². The highest BCUT2D eigenvalue weighted by atomic mass is 32.1. The predicted octanol–water partition coefficient (Wildman–Crippen LogP) is 2.88. The number of hydrogen-bond acceptors (Lipinski definition) is 4. The lowest BCUT2D eigenvalue weighted by molar-refractivity contribution is 0.105. The average Bonchev–Trinajstić information content (AvgIpc) is 3.04. The Hall–Kier alpha value is -2.66. The molecule has 108 valence electrons. The smallest absolute Gasteiger partial charge is 0.208 e. The normalized spacial score (nSPS) is 14.3. The van der Waals surface area contributed by atoms with Gasteiger partial charge in [-0.1, -0.05) is 47.7 Å². The van der Waals surface area contributed by atoms with E-state index in [0.29, 0.717) is 0 Å². The molecule has 1 N–H and O–H groups in total. The van der Waals surface area contributed by atoms with Gasteiger partial charge in [0.15, 0.2) is 5.78 Å². The fraction of sp³-hybridized carbons (Fsp3) is 0.0588. The number of allylic oxidation sites excluding steroid dienone is 1. The summed E-state index contributed by atoms with van der Waals surface area (Å²) in [5.41, 5.74) is 6.56. The van der Waals surface area contributed by atoms with Gasteiger partial charge in [0.2, 0.25) is 4.80 Å². The van der Waals surface area contributed by atoms with Crippen LogP contribution in [0.1, 0.15) is 15.9 Å². The van der Waals surface area contributed by atoms with Crippen molar-refractivity contribution in [2.75, 3.05) is 0 Å². The summed E-state index contributed by atoms with van der Waals surface area (Å²) in [6.07, 6.45) is 1.60. The minimum absolute atomic E-state index is 0.0222. The number of benzene rings is 2. The number of hydrogen-bond donors (Lipinski definition) is 1. The molecule has 1 heterocycles. The molecule has 3 aromatic rings. The predicted molar refractivity (Wildman–Crippen MR) is 88.2 cm³/mol. The Morgan fingerprint density at radius 2 is 1.77 bits per heavy atom. The lowest BCUT2D eigenvalue weighted by Gasteiger charge is -2.03. The number of nitrogens with zero attached hydrogens (tertiary/aromatic N) is 2. The van der Waals surface area contributed by atoms with E-state index in [9.17, 15) is 4.79 Å². The van der Waals surface area contributed by atoms with E-state index in [1.807, 2.05) is 48.0 Å². The lowest BCUT2D eigenvalue weighted by Crippen LogP contribution is -2.16. The highest BCUT2D eigenvalue weighted by Gasteiger charge is 2.20. The first kappa shape index (κ1) is 13.0. The van der Waals surface area contributed by atoms with Crippen molar-refractivity contribution in [2.24, 2.45) is 12.1 Å². The largest absolute Gasteiger partial charge is 0.318 e. The number of fused-ring (bicyclic) bond motifs is 2. The van der Waals surface area contributed by atoms with E-state index in [1.165, 1.54) is 4.70 Å². The van der Waals surface area contributed by atoms with Crippen molar-refractivity contribution in [3.05, 3.63) is 70.5 Å². The molecule has 0 bridgehead atoms. The minimum atomic E-state index is 0.0222. The van der Waals surface area contributed by atoms with Crippen molar-refractivity contribution in [3.63, 3.8) is 0 Å². The van der Waals surface area contributed by atoms with E-state index >= 15 is 0 Å². The number of aromatic nitrogens is 1. The summed E-state index contributed by atoms with van der Waals surface area (Å²) in [5.74, 6) is 0.0222. The van der Waals surface area contributed by atoms with Crippen LogP contribution in [0.4, 0.5) is 0 Å². The summed E-state index contributed by atoms with van der Waals surface area (Å²) >= 11 is 1.61.